The van der Waals surface area contributed by atoms with Crippen LogP contribution in [-0.2, 0) is 9.59 Å². The Balaban J connectivity index is 2.15. The number of imide groups is 1. The minimum Gasteiger partial charge on any atom is -0.373 e. The molecule has 4 nitrogen and oxygen atoms in total. The number of rotatable bonds is 3. The number of hydrogen-bond donors (Lipinski definition) is 1. The van der Waals surface area contributed by atoms with Crippen molar-refractivity contribution in [3.05, 3.63) is 28.2 Å². The van der Waals surface area contributed by atoms with Gasteiger partial charge in [-0.1, -0.05) is 15.9 Å². The molecule has 1 aliphatic rings. The molecule has 1 unspecified atom stereocenters. The molecule has 0 aromatic heterocycles. The van der Waals surface area contributed by atoms with Gasteiger partial charge in [0.05, 0.1) is 6.42 Å². The van der Waals surface area contributed by atoms with Crippen molar-refractivity contribution in [3.63, 3.8) is 0 Å². The Hall–Kier alpha value is -1.36. The monoisotopic (exact) mass is 310 g/mol. The number of carbonyl (C=O) groups excluding carboxylic acids is 2. The molecule has 1 aliphatic heterocycles. The molecule has 1 heterocycles. The van der Waals surface area contributed by atoms with Gasteiger partial charge in [-0.25, -0.2) is 0 Å². The van der Waals surface area contributed by atoms with Gasteiger partial charge in [0.15, 0.2) is 0 Å². The van der Waals surface area contributed by atoms with E-state index in [1.165, 1.54) is 4.90 Å². The van der Waals surface area contributed by atoms with Crippen LogP contribution >= 0.6 is 15.9 Å². The van der Waals surface area contributed by atoms with Gasteiger partial charge in [0.25, 0.3) is 5.91 Å². The van der Waals surface area contributed by atoms with Crippen molar-refractivity contribution in [2.45, 2.75) is 26.3 Å². The van der Waals surface area contributed by atoms with Crippen LogP contribution in [-0.4, -0.2) is 29.3 Å². The fraction of sp³-hybridized carbons (Fsp3) is 0.385. The molecule has 1 saturated heterocycles. The van der Waals surface area contributed by atoms with Crippen LogP contribution in [0.4, 0.5) is 5.69 Å². The smallest absolute Gasteiger partial charge is 0.252 e. The molecule has 0 radical (unpaired) electrons. The van der Waals surface area contributed by atoms with Crippen LogP contribution in [0, 0.1) is 6.92 Å². The number of likely N-dealkylation sites (tertiary alicyclic amines) is 1. The molecule has 1 atom stereocenters. The molecule has 2 amide bonds. The highest BCUT2D eigenvalue weighted by Crippen LogP contribution is 2.22. The lowest BCUT2D eigenvalue weighted by molar-refractivity contribution is -0.138. The molecule has 2 rings (SSSR count). The van der Waals surface area contributed by atoms with E-state index in [1.54, 1.807) is 6.92 Å². The molecular formula is C13H15BrN2O2. The van der Waals surface area contributed by atoms with Gasteiger partial charge in [-0.2, -0.15) is 0 Å². The third-order valence-electron chi connectivity index (χ3n) is 2.94. The third kappa shape index (κ3) is 2.56. The molecule has 0 saturated carbocycles. The van der Waals surface area contributed by atoms with Crippen LogP contribution in [0.3, 0.4) is 0 Å². The van der Waals surface area contributed by atoms with E-state index in [4.69, 9.17) is 0 Å². The minimum atomic E-state index is -0.439. The van der Waals surface area contributed by atoms with E-state index in [0.29, 0.717) is 6.54 Å². The third-order valence-corrected chi connectivity index (χ3v) is 3.40. The lowest BCUT2D eigenvalue weighted by Gasteiger charge is -2.14. The highest BCUT2D eigenvalue weighted by Gasteiger charge is 2.37. The average Bonchev–Trinajstić information content (AvgIpc) is 2.52. The highest BCUT2D eigenvalue weighted by molar-refractivity contribution is 9.10. The van der Waals surface area contributed by atoms with Crippen molar-refractivity contribution < 1.29 is 9.59 Å². The normalized spacial score (nSPS) is 19.5. The van der Waals surface area contributed by atoms with E-state index in [2.05, 4.69) is 21.2 Å². The second-order valence-electron chi connectivity index (χ2n) is 4.39. The second kappa shape index (κ2) is 5.10. The molecule has 5 heteroatoms. The van der Waals surface area contributed by atoms with E-state index in [9.17, 15) is 9.59 Å². The summed E-state index contributed by atoms with van der Waals surface area (Å²) in [5, 5.41) is 3.12. The van der Waals surface area contributed by atoms with Gasteiger partial charge in [0.1, 0.15) is 6.04 Å². The lowest BCUT2D eigenvalue weighted by Crippen LogP contribution is -2.34. The fourth-order valence-corrected chi connectivity index (χ4v) is 2.76. The number of anilines is 1. The average molecular weight is 311 g/mol. The number of carbonyl (C=O) groups is 2. The van der Waals surface area contributed by atoms with Crippen LogP contribution in [0.5, 0.6) is 0 Å². The predicted molar refractivity (Wildman–Crippen MR) is 73.3 cm³/mol. The first-order valence-electron chi connectivity index (χ1n) is 5.89. The van der Waals surface area contributed by atoms with Gasteiger partial charge in [-0.05, 0) is 37.6 Å². The van der Waals surface area contributed by atoms with Gasteiger partial charge < -0.3 is 5.32 Å². The van der Waals surface area contributed by atoms with Crippen molar-refractivity contribution in [3.8, 4) is 0 Å². The van der Waals surface area contributed by atoms with Crippen molar-refractivity contribution >= 4 is 33.4 Å². The molecule has 96 valence electrons. The topological polar surface area (TPSA) is 49.4 Å². The molecule has 1 aromatic carbocycles. The summed E-state index contributed by atoms with van der Waals surface area (Å²) in [4.78, 5) is 24.9. The standard InChI is InChI=1S/C13H15BrN2O2/c1-3-16-12(17)7-11(13(16)18)15-10-5-8(2)4-9(14)6-10/h4-6,11,15H,3,7H2,1-2H3. The summed E-state index contributed by atoms with van der Waals surface area (Å²) in [6.07, 6.45) is 0.234. The van der Waals surface area contributed by atoms with Gasteiger partial charge >= 0.3 is 0 Å². The first kappa shape index (κ1) is 13.1. The summed E-state index contributed by atoms with van der Waals surface area (Å²) in [6.45, 7) is 4.23. The maximum atomic E-state index is 12.0. The fourth-order valence-electron chi connectivity index (χ4n) is 2.15. The van der Waals surface area contributed by atoms with E-state index in [-0.39, 0.29) is 18.2 Å². The van der Waals surface area contributed by atoms with Crippen molar-refractivity contribution in [1.82, 2.24) is 4.90 Å². The zero-order chi connectivity index (χ0) is 13.3. The molecule has 0 bridgehead atoms. The summed E-state index contributed by atoms with van der Waals surface area (Å²) in [6, 6.07) is 5.41. The Morgan fingerprint density at radius 3 is 2.67 bits per heavy atom. The van der Waals surface area contributed by atoms with E-state index >= 15 is 0 Å². The van der Waals surface area contributed by atoms with Crippen molar-refractivity contribution in [1.29, 1.82) is 0 Å². The number of likely N-dealkylation sites (N-methyl/N-ethyl adjacent to an activating group) is 1. The Labute approximate surface area is 114 Å². The minimum absolute atomic E-state index is 0.105. The number of hydrogen-bond acceptors (Lipinski definition) is 3. The Morgan fingerprint density at radius 1 is 1.39 bits per heavy atom. The van der Waals surface area contributed by atoms with Crippen LogP contribution in [0.1, 0.15) is 18.9 Å². The zero-order valence-electron chi connectivity index (χ0n) is 10.4. The van der Waals surface area contributed by atoms with E-state index in [0.717, 1.165) is 15.7 Å². The van der Waals surface area contributed by atoms with E-state index < -0.39 is 6.04 Å². The van der Waals surface area contributed by atoms with Crippen molar-refractivity contribution in [2.75, 3.05) is 11.9 Å². The largest absolute Gasteiger partial charge is 0.373 e. The van der Waals surface area contributed by atoms with Crippen LogP contribution in [0.25, 0.3) is 0 Å². The molecule has 1 fully saturated rings. The Morgan fingerprint density at radius 2 is 2.11 bits per heavy atom. The van der Waals surface area contributed by atoms with Crippen LogP contribution in [0.15, 0.2) is 22.7 Å². The predicted octanol–water partition coefficient (Wildman–Crippen LogP) is 2.32. The molecule has 1 aromatic rings. The zero-order valence-corrected chi connectivity index (χ0v) is 12.0. The number of nitrogens with zero attached hydrogens (tertiary/aromatic N) is 1. The summed E-state index contributed by atoms with van der Waals surface area (Å²) in [5.41, 5.74) is 1.95. The second-order valence-corrected chi connectivity index (χ2v) is 5.31. The summed E-state index contributed by atoms with van der Waals surface area (Å²) in [5.74, 6) is -0.244. The van der Waals surface area contributed by atoms with Crippen molar-refractivity contribution in [2.24, 2.45) is 0 Å². The molecule has 1 N–H and O–H groups in total. The first-order chi connectivity index (χ1) is 8.51. The van der Waals surface area contributed by atoms with Crippen LogP contribution < -0.4 is 5.32 Å². The maximum Gasteiger partial charge on any atom is 0.252 e. The summed E-state index contributed by atoms with van der Waals surface area (Å²) < 4.78 is 0.953. The van der Waals surface area contributed by atoms with Gasteiger partial charge in [0, 0.05) is 16.7 Å². The quantitative estimate of drug-likeness (QED) is 0.872. The van der Waals surface area contributed by atoms with Gasteiger partial charge in [-0.15, -0.1) is 0 Å². The molecular weight excluding hydrogens is 296 g/mol. The summed E-state index contributed by atoms with van der Waals surface area (Å²) >= 11 is 3.41. The lowest BCUT2D eigenvalue weighted by atomic mass is 10.2. The number of halogens is 1. The SMILES string of the molecule is CCN1C(=O)CC(Nc2cc(C)cc(Br)c2)C1=O. The summed E-state index contributed by atoms with van der Waals surface area (Å²) in [7, 11) is 0. The maximum absolute atomic E-state index is 12.0. The molecule has 0 spiro atoms. The first-order valence-corrected chi connectivity index (χ1v) is 6.68. The van der Waals surface area contributed by atoms with Crippen LogP contribution in [0.2, 0.25) is 0 Å². The highest BCUT2D eigenvalue weighted by atomic mass is 79.9. The van der Waals surface area contributed by atoms with Gasteiger partial charge in [0.2, 0.25) is 5.91 Å². The molecule has 0 aliphatic carbocycles. The van der Waals surface area contributed by atoms with E-state index in [1.807, 2.05) is 25.1 Å². The number of aryl methyl sites for hydroxylation is 1. The Kier molecular flexibility index (Phi) is 3.71. The number of amides is 2. The Bertz CT molecular complexity index is 482. The van der Waals surface area contributed by atoms with Gasteiger partial charge in [-0.3, -0.25) is 14.5 Å². The number of nitrogens with one attached hydrogen (secondary N) is 1. The number of benzene rings is 1. The molecule has 18 heavy (non-hydrogen) atoms.